The van der Waals surface area contributed by atoms with Crippen molar-refractivity contribution in [1.29, 1.82) is 0 Å². The molecule has 0 unspecified atom stereocenters. The van der Waals surface area contributed by atoms with E-state index in [1.807, 2.05) is 25.6 Å². The number of hydrogen-bond donors (Lipinski definition) is 3. The zero-order chi connectivity index (χ0) is 21.4. The molecule has 3 aliphatic rings. The van der Waals surface area contributed by atoms with Crippen molar-refractivity contribution < 1.29 is 15.3 Å². The third-order valence-electron chi connectivity index (χ3n) is 7.00. The van der Waals surface area contributed by atoms with Crippen molar-refractivity contribution in [3.63, 3.8) is 0 Å². The SMILES string of the molecule is C=C1C(=CC=C2CCC[C@]3(C)C([C@H](C)SCC(C)(C)O)=CC[C@@H]23)C[C@@H](O)C[C@@H]1O. The fourth-order valence-corrected chi connectivity index (χ4v) is 6.57. The van der Waals surface area contributed by atoms with Crippen molar-refractivity contribution in [3.8, 4) is 0 Å². The van der Waals surface area contributed by atoms with Crippen molar-refractivity contribution in [3.05, 3.63) is 47.1 Å². The fourth-order valence-electron chi connectivity index (χ4n) is 5.37. The fraction of sp³-hybridized carbons (Fsp3) is 0.680. The predicted octanol–water partition coefficient (Wildman–Crippen LogP) is 4.94. The number of allylic oxidation sites excluding steroid dienone is 4. The van der Waals surface area contributed by atoms with Crippen LogP contribution in [0, 0.1) is 11.3 Å². The van der Waals surface area contributed by atoms with Crippen LogP contribution in [0.1, 0.15) is 66.2 Å². The maximum absolute atomic E-state index is 10.1. The van der Waals surface area contributed by atoms with Gasteiger partial charge in [0.25, 0.3) is 0 Å². The first-order valence-corrected chi connectivity index (χ1v) is 12.1. The zero-order valence-corrected chi connectivity index (χ0v) is 19.3. The second-order valence-electron chi connectivity index (χ2n) is 10.1. The Labute approximate surface area is 180 Å². The summed E-state index contributed by atoms with van der Waals surface area (Å²) in [4.78, 5) is 0. The van der Waals surface area contributed by atoms with Gasteiger partial charge in [0.05, 0.1) is 17.8 Å². The summed E-state index contributed by atoms with van der Waals surface area (Å²) in [5.74, 6) is 1.27. The average molecular weight is 419 g/mol. The standard InChI is InChI=1S/C25H38O3S/c1-16-19(13-20(26)14-23(16)27)9-8-18-7-6-12-25(5)21(10-11-22(18)25)17(2)29-15-24(3,4)28/h8-10,17,20,22-23,26-28H,1,6-7,11-15H2,2-5H3/t17-,20+,22-,23-,25+/m0/s1. The second-order valence-corrected chi connectivity index (χ2v) is 11.4. The quantitative estimate of drug-likeness (QED) is 0.554. The van der Waals surface area contributed by atoms with Crippen LogP contribution in [0.15, 0.2) is 47.1 Å². The van der Waals surface area contributed by atoms with Gasteiger partial charge in [0.15, 0.2) is 0 Å². The Hall–Kier alpha value is -0.810. The summed E-state index contributed by atoms with van der Waals surface area (Å²) in [7, 11) is 0. The maximum Gasteiger partial charge on any atom is 0.0811 e. The summed E-state index contributed by atoms with van der Waals surface area (Å²) in [5.41, 5.74) is 4.32. The molecule has 5 atom stereocenters. The normalized spacial score (nSPS) is 37.0. The van der Waals surface area contributed by atoms with Crippen LogP contribution in [0.4, 0.5) is 0 Å². The second kappa shape index (κ2) is 8.74. The van der Waals surface area contributed by atoms with Crippen LogP contribution in [0.2, 0.25) is 0 Å². The molecule has 0 spiro atoms. The van der Waals surface area contributed by atoms with Gasteiger partial charge in [0.1, 0.15) is 0 Å². The molecule has 0 radical (unpaired) electrons. The molecule has 0 aromatic heterocycles. The highest BCUT2D eigenvalue weighted by atomic mass is 32.2. The van der Waals surface area contributed by atoms with E-state index in [0.29, 0.717) is 24.0 Å². The number of hydrogen-bond acceptors (Lipinski definition) is 4. The first-order chi connectivity index (χ1) is 13.5. The van der Waals surface area contributed by atoms with Gasteiger partial charge in [-0.15, -0.1) is 0 Å². The third kappa shape index (κ3) is 5.10. The van der Waals surface area contributed by atoms with Gasteiger partial charge in [0.2, 0.25) is 0 Å². The molecule has 0 aromatic carbocycles. The summed E-state index contributed by atoms with van der Waals surface area (Å²) in [5, 5.41) is 30.6. The summed E-state index contributed by atoms with van der Waals surface area (Å²) < 4.78 is 0. The van der Waals surface area contributed by atoms with Gasteiger partial charge >= 0.3 is 0 Å². The van der Waals surface area contributed by atoms with Gasteiger partial charge in [-0.2, -0.15) is 11.8 Å². The lowest BCUT2D eigenvalue weighted by molar-refractivity contribution is 0.0862. The van der Waals surface area contributed by atoms with Gasteiger partial charge in [-0.3, -0.25) is 0 Å². The lowest BCUT2D eigenvalue weighted by atomic mass is 9.64. The highest BCUT2D eigenvalue weighted by Gasteiger charge is 2.46. The van der Waals surface area contributed by atoms with E-state index >= 15 is 0 Å². The Morgan fingerprint density at radius 3 is 2.76 bits per heavy atom. The van der Waals surface area contributed by atoms with E-state index < -0.39 is 17.8 Å². The van der Waals surface area contributed by atoms with Crippen LogP contribution in [0.3, 0.4) is 0 Å². The highest BCUT2D eigenvalue weighted by molar-refractivity contribution is 8.00. The lowest BCUT2D eigenvalue weighted by Gasteiger charge is -2.42. The molecule has 3 aliphatic carbocycles. The van der Waals surface area contributed by atoms with Crippen molar-refractivity contribution in [1.82, 2.24) is 0 Å². The number of fused-ring (bicyclic) bond motifs is 1. The molecular formula is C25H38O3S. The summed E-state index contributed by atoms with van der Waals surface area (Å²) in [6, 6.07) is 0. The van der Waals surface area contributed by atoms with Crippen LogP contribution in [0.5, 0.6) is 0 Å². The van der Waals surface area contributed by atoms with Crippen molar-refractivity contribution in [2.75, 3.05) is 5.75 Å². The topological polar surface area (TPSA) is 60.7 Å². The molecule has 0 bridgehead atoms. The monoisotopic (exact) mass is 418 g/mol. The lowest BCUT2D eigenvalue weighted by Crippen LogP contribution is -2.34. The first-order valence-electron chi connectivity index (χ1n) is 11.0. The smallest absolute Gasteiger partial charge is 0.0811 e. The Kier molecular flexibility index (Phi) is 6.89. The molecule has 3 rings (SSSR count). The van der Waals surface area contributed by atoms with Crippen LogP contribution in [0.25, 0.3) is 0 Å². The van der Waals surface area contributed by atoms with Crippen molar-refractivity contribution in [2.45, 2.75) is 89.3 Å². The van der Waals surface area contributed by atoms with Crippen LogP contribution in [-0.2, 0) is 0 Å². The minimum atomic E-state index is -0.639. The largest absolute Gasteiger partial charge is 0.393 e. The molecule has 0 aliphatic heterocycles. The van der Waals surface area contributed by atoms with E-state index in [4.69, 9.17) is 0 Å². The van der Waals surface area contributed by atoms with Crippen LogP contribution < -0.4 is 0 Å². The van der Waals surface area contributed by atoms with E-state index in [2.05, 4.69) is 38.7 Å². The third-order valence-corrected chi connectivity index (χ3v) is 8.63. The van der Waals surface area contributed by atoms with E-state index in [1.165, 1.54) is 18.4 Å². The molecule has 162 valence electrons. The Morgan fingerprint density at radius 1 is 1.34 bits per heavy atom. The van der Waals surface area contributed by atoms with Crippen molar-refractivity contribution in [2.24, 2.45) is 11.3 Å². The molecule has 0 heterocycles. The maximum atomic E-state index is 10.1. The molecule has 2 saturated carbocycles. The van der Waals surface area contributed by atoms with E-state index in [9.17, 15) is 15.3 Å². The number of aliphatic hydroxyl groups is 3. The Balaban J connectivity index is 1.76. The molecular weight excluding hydrogens is 380 g/mol. The van der Waals surface area contributed by atoms with E-state index in [1.54, 1.807) is 5.57 Å². The summed E-state index contributed by atoms with van der Waals surface area (Å²) >= 11 is 1.86. The van der Waals surface area contributed by atoms with Crippen LogP contribution >= 0.6 is 11.8 Å². The highest BCUT2D eigenvalue weighted by Crippen LogP contribution is 2.56. The molecule has 29 heavy (non-hydrogen) atoms. The average Bonchev–Trinajstić information content (AvgIpc) is 2.98. The summed E-state index contributed by atoms with van der Waals surface area (Å²) in [6.45, 7) is 12.5. The number of thioether (sulfide) groups is 1. The summed E-state index contributed by atoms with van der Waals surface area (Å²) in [6.07, 6.45) is 11.3. The predicted molar refractivity (Wildman–Crippen MR) is 123 cm³/mol. The molecule has 3 N–H and O–H groups in total. The molecule has 0 amide bonds. The Bertz CT molecular complexity index is 727. The van der Waals surface area contributed by atoms with Gasteiger partial charge in [-0.05, 0) is 75.4 Å². The zero-order valence-electron chi connectivity index (χ0n) is 18.4. The van der Waals surface area contributed by atoms with Crippen LogP contribution in [-0.4, -0.2) is 44.1 Å². The van der Waals surface area contributed by atoms with Gasteiger partial charge in [0, 0.05) is 17.4 Å². The van der Waals surface area contributed by atoms with Gasteiger partial charge in [-0.25, -0.2) is 0 Å². The first kappa shape index (κ1) is 22.9. The Morgan fingerprint density at radius 2 is 2.07 bits per heavy atom. The number of aliphatic hydroxyl groups excluding tert-OH is 2. The van der Waals surface area contributed by atoms with Gasteiger partial charge < -0.3 is 15.3 Å². The van der Waals surface area contributed by atoms with E-state index in [-0.39, 0.29) is 5.41 Å². The minimum Gasteiger partial charge on any atom is -0.393 e. The molecule has 2 fully saturated rings. The number of rotatable bonds is 5. The molecule has 4 heteroatoms. The minimum absolute atomic E-state index is 0.192. The molecule has 0 saturated heterocycles. The van der Waals surface area contributed by atoms with E-state index in [0.717, 1.165) is 29.7 Å². The van der Waals surface area contributed by atoms with Crippen molar-refractivity contribution >= 4 is 11.8 Å². The van der Waals surface area contributed by atoms with Gasteiger partial charge in [-0.1, -0.05) is 42.9 Å². The molecule has 0 aromatic rings. The molecule has 3 nitrogen and oxygen atoms in total.